The molecule has 71 heavy (non-hydrogen) atoms. The Hall–Kier alpha value is -1.89. The first-order valence-corrected chi connectivity index (χ1v) is 30.0. The van der Waals surface area contributed by atoms with Gasteiger partial charge in [-0.2, -0.15) is 0 Å². The number of aliphatic hydroxyl groups is 6. The van der Waals surface area contributed by atoms with Gasteiger partial charge in [0.15, 0.2) is 6.29 Å². The monoisotopic (exact) mass is 1000 g/mol. The molecule has 0 saturated carbocycles. The van der Waals surface area contributed by atoms with Crippen LogP contribution < -0.4 is 5.32 Å². The van der Waals surface area contributed by atoms with Crippen molar-refractivity contribution in [1.29, 1.82) is 0 Å². The van der Waals surface area contributed by atoms with E-state index < -0.39 is 61.5 Å². The summed E-state index contributed by atoms with van der Waals surface area (Å²) >= 11 is 0. The van der Waals surface area contributed by atoms with E-state index in [0.29, 0.717) is 19.3 Å². The van der Waals surface area contributed by atoms with Gasteiger partial charge in [-0.15, -0.1) is 0 Å². The molecule has 10 nitrogen and oxygen atoms in total. The predicted molar refractivity (Wildman–Crippen MR) is 296 cm³/mol. The van der Waals surface area contributed by atoms with Crippen molar-refractivity contribution in [3.8, 4) is 0 Å². The summed E-state index contributed by atoms with van der Waals surface area (Å²) in [5, 5.41) is 64.8. The van der Waals surface area contributed by atoms with Crippen LogP contribution in [0.2, 0.25) is 0 Å². The Kier molecular flexibility index (Phi) is 47.5. The molecule has 1 fully saturated rings. The molecule has 0 bridgehead atoms. The fraction of sp³-hybridized carbons (Fsp3) is 0.852. The zero-order valence-corrected chi connectivity index (χ0v) is 45.8. The van der Waals surface area contributed by atoms with E-state index in [1.807, 2.05) is 6.08 Å². The molecule has 8 unspecified atom stereocenters. The minimum absolute atomic E-state index is 0.301. The van der Waals surface area contributed by atoms with Gasteiger partial charge in [0.1, 0.15) is 30.5 Å². The molecule has 1 aliphatic heterocycles. The summed E-state index contributed by atoms with van der Waals surface area (Å²) in [5.41, 5.74) is 0. The maximum atomic E-state index is 13.1. The summed E-state index contributed by atoms with van der Waals surface area (Å²) < 4.78 is 11.1. The minimum atomic E-state index is -1.62. The number of carbonyl (C=O) groups is 1. The molecule has 1 saturated heterocycles. The van der Waals surface area contributed by atoms with Crippen molar-refractivity contribution >= 4 is 5.91 Å². The molecule has 1 aliphatic rings. The predicted octanol–water partition coefficient (Wildman–Crippen LogP) is 13.9. The van der Waals surface area contributed by atoms with E-state index in [0.717, 1.165) is 44.9 Å². The van der Waals surface area contributed by atoms with Gasteiger partial charge in [-0.05, 0) is 64.2 Å². The number of aliphatic hydroxyl groups excluding tert-OH is 6. The number of allylic oxidation sites excluding steroid dienone is 7. The normalized spacial score (nSPS) is 20.0. The minimum Gasteiger partial charge on any atom is -0.394 e. The van der Waals surface area contributed by atoms with E-state index in [1.54, 1.807) is 6.08 Å². The van der Waals surface area contributed by atoms with Crippen LogP contribution in [0.1, 0.15) is 271 Å². The molecular weight excluding hydrogens is 891 g/mol. The van der Waals surface area contributed by atoms with Crippen LogP contribution >= 0.6 is 0 Å². The van der Waals surface area contributed by atoms with Crippen LogP contribution in [-0.4, -0.2) is 98.7 Å². The Morgan fingerprint density at radius 1 is 0.479 bits per heavy atom. The van der Waals surface area contributed by atoms with Gasteiger partial charge >= 0.3 is 0 Å². The number of amides is 1. The highest BCUT2D eigenvalue weighted by molar-refractivity contribution is 5.80. The number of ether oxygens (including phenoxy) is 2. The average molecular weight is 1000 g/mol. The van der Waals surface area contributed by atoms with Crippen molar-refractivity contribution in [2.24, 2.45) is 0 Å². The Bertz CT molecular complexity index is 1270. The summed E-state index contributed by atoms with van der Waals surface area (Å²) in [6.45, 7) is 3.55. The number of unbranched alkanes of at least 4 members (excludes halogenated alkanes) is 34. The lowest BCUT2D eigenvalue weighted by molar-refractivity contribution is -0.302. The molecule has 1 amide bonds. The largest absolute Gasteiger partial charge is 0.394 e. The molecule has 0 aromatic heterocycles. The van der Waals surface area contributed by atoms with Gasteiger partial charge in [0, 0.05) is 0 Å². The first kappa shape index (κ1) is 67.1. The van der Waals surface area contributed by atoms with E-state index in [-0.39, 0.29) is 6.61 Å². The van der Waals surface area contributed by atoms with Crippen molar-refractivity contribution < 1.29 is 44.9 Å². The van der Waals surface area contributed by atoms with Gasteiger partial charge in [-0.1, -0.05) is 255 Å². The number of nitrogens with one attached hydrogen (secondary N) is 1. The topological polar surface area (TPSA) is 169 Å². The fourth-order valence-electron chi connectivity index (χ4n) is 9.35. The van der Waals surface area contributed by atoms with Crippen LogP contribution in [0.4, 0.5) is 0 Å². The van der Waals surface area contributed by atoms with Gasteiger partial charge in [-0.25, -0.2) is 0 Å². The van der Waals surface area contributed by atoms with Crippen molar-refractivity contribution in [1.82, 2.24) is 5.32 Å². The smallest absolute Gasteiger partial charge is 0.249 e. The van der Waals surface area contributed by atoms with Gasteiger partial charge < -0.3 is 45.4 Å². The van der Waals surface area contributed by atoms with Crippen LogP contribution in [0, 0.1) is 0 Å². The van der Waals surface area contributed by atoms with E-state index >= 15 is 0 Å². The molecule has 0 radical (unpaired) electrons. The SMILES string of the molecule is CCCC/C=C/CC/C=C/CC/C=C/C(O)C(COC1OC(CO)C(O)C(O)C1O)NC(=O)C(O)CCCCCCCCCCCCCCCCCC/C=C\CCCCCCCCCCCCCCCC. The lowest BCUT2D eigenvalue weighted by Gasteiger charge is -2.40. The average Bonchev–Trinajstić information content (AvgIpc) is 3.37. The van der Waals surface area contributed by atoms with E-state index in [4.69, 9.17) is 9.47 Å². The highest BCUT2D eigenvalue weighted by atomic mass is 16.7. The molecule has 0 spiro atoms. The van der Waals surface area contributed by atoms with Gasteiger partial charge in [-0.3, -0.25) is 4.79 Å². The number of hydrogen-bond acceptors (Lipinski definition) is 9. The van der Waals surface area contributed by atoms with Crippen LogP contribution in [-0.2, 0) is 14.3 Å². The second kappa shape index (κ2) is 50.3. The van der Waals surface area contributed by atoms with Gasteiger partial charge in [0.05, 0.1) is 25.4 Å². The molecule has 0 aromatic carbocycles. The summed E-state index contributed by atoms with van der Waals surface area (Å²) in [5.74, 6) is -0.629. The Labute approximate surface area is 436 Å². The first-order valence-electron chi connectivity index (χ1n) is 30.0. The maximum Gasteiger partial charge on any atom is 0.249 e. The van der Waals surface area contributed by atoms with Crippen LogP contribution in [0.15, 0.2) is 48.6 Å². The lowest BCUT2D eigenvalue weighted by atomic mass is 9.99. The van der Waals surface area contributed by atoms with Crippen molar-refractivity contribution in [2.75, 3.05) is 13.2 Å². The summed E-state index contributed by atoms with van der Waals surface area (Å²) in [4.78, 5) is 13.1. The fourth-order valence-corrected chi connectivity index (χ4v) is 9.35. The summed E-state index contributed by atoms with van der Waals surface area (Å²) in [6, 6.07) is -1.00. The molecule has 416 valence electrons. The van der Waals surface area contributed by atoms with Crippen molar-refractivity contribution in [3.05, 3.63) is 48.6 Å². The Morgan fingerprint density at radius 3 is 1.27 bits per heavy atom. The summed E-state index contributed by atoms with van der Waals surface area (Å²) in [7, 11) is 0. The third-order valence-electron chi connectivity index (χ3n) is 14.2. The molecule has 10 heteroatoms. The van der Waals surface area contributed by atoms with Gasteiger partial charge in [0.2, 0.25) is 5.91 Å². The standard InChI is InChI=1S/C61H113NO9/c1-3-5-7-9-11-13-15-17-18-19-20-21-22-23-24-25-26-27-28-29-30-31-32-33-34-35-36-37-38-40-42-44-46-48-50-55(65)60(69)62-53(52-70-61-59(68)58(67)57(66)56(51-63)71-61)54(64)49-47-45-43-41-39-16-14-12-10-8-6-4-2/h10,12,25-26,39,41,47,49,53-59,61,63-68H,3-9,11,13-24,27-38,40,42-46,48,50-52H2,1-2H3,(H,62,69)/b12-10+,26-25-,41-39+,49-47+. The Morgan fingerprint density at radius 2 is 0.845 bits per heavy atom. The van der Waals surface area contributed by atoms with E-state index in [1.165, 1.54) is 193 Å². The maximum absolute atomic E-state index is 13.1. The molecule has 0 aromatic rings. The lowest BCUT2D eigenvalue weighted by Crippen LogP contribution is -2.60. The zero-order valence-electron chi connectivity index (χ0n) is 45.8. The van der Waals surface area contributed by atoms with Crippen LogP contribution in [0.25, 0.3) is 0 Å². The molecule has 0 aliphatic carbocycles. The number of rotatable bonds is 51. The second-order valence-corrected chi connectivity index (χ2v) is 20.9. The van der Waals surface area contributed by atoms with Crippen LogP contribution in [0.3, 0.4) is 0 Å². The number of hydrogen-bond donors (Lipinski definition) is 7. The third-order valence-corrected chi connectivity index (χ3v) is 14.2. The molecule has 1 rings (SSSR count). The van der Waals surface area contributed by atoms with Crippen molar-refractivity contribution in [2.45, 2.75) is 320 Å². The van der Waals surface area contributed by atoms with Crippen LogP contribution in [0.5, 0.6) is 0 Å². The van der Waals surface area contributed by atoms with E-state index in [2.05, 4.69) is 55.6 Å². The zero-order chi connectivity index (χ0) is 51.7. The highest BCUT2D eigenvalue weighted by Gasteiger charge is 2.44. The first-order chi connectivity index (χ1) is 34.8. The van der Waals surface area contributed by atoms with Gasteiger partial charge in [0.25, 0.3) is 0 Å². The highest BCUT2D eigenvalue weighted by Crippen LogP contribution is 2.23. The third kappa shape index (κ3) is 39.2. The quantitative estimate of drug-likeness (QED) is 0.0232. The second-order valence-electron chi connectivity index (χ2n) is 20.9. The Balaban J connectivity index is 2.12. The molecule has 8 atom stereocenters. The molecule has 1 heterocycles. The van der Waals surface area contributed by atoms with Crippen molar-refractivity contribution in [3.63, 3.8) is 0 Å². The molecular formula is C61H113NO9. The number of carbonyl (C=O) groups excluding carboxylic acids is 1. The molecule has 7 N–H and O–H groups in total. The summed E-state index contributed by atoms with van der Waals surface area (Å²) in [6.07, 6.45) is 56.8. The van der Waals surface area contributed by atoms with E-state index in [9.17, 15) is 35.4 Å².